The summed E-state index contributed by atoms with van der Waals surface area (Å²) in [5.74, 6) is 0.479. The summed E-state index contributed by atoms with van der Waals surface area (Å²) in [7, 11) is -2.18. The van der Waals surface area contributed by atoms with Crippen molar-refractivity contribution in [3.63, 3.8) is 0 Å². The van der Waals surface area contributed by atoms with Gasteiger partial charge >= 0.3 is 0 Å². The molecule has 11 nitrogen and oxygen atoms in total. The monoisotopic (exact) mass is 561 g/mol. The summed E-state index contributed by atoms with van der Waals surface area (Å²) in [6.45, 7) is 8.10. The molecular formula is C27H39N5O6S. The smallest absolute Gasteiger partial charge is 0.274 e. The standard InChI is InChI=1S/C27H39N5O6S/c1-5-8-23-22-19-24(28-27(33)26(22)30(4)29-23)21-18-20(9-10-25(21)38-15-6-2)39(35,36)31(7-3)11-12-32(34)13-16-37-17-14-32/h9-10,18-19H,5-8,11-17H2,1-4H3,(H,28,33). The van der Waals surface area contributed by atoms with Gasteiger partial charge in [0.15, 0.2) is 0 Å². The van der Waals surface area contributed by atoms with Crippen molar-refractivity contribution in [1.82, 2.24) is 19.1 Å². The summed E-state index contributed by atoms with van der Waals surface area (Å²) < 4.78 is 41.2. The summed E-state index contributed by atoms with van der Waals surface area (Å²) in [6, 6.07) is 6.55. The zero-order valence-electron chi connectivity index (χ0n) is 23.2. The average Bonchev–Trinajstić information content (AvgIpc) is 3.23. The Morgan fingerprint density at radius 3 is 2.59 bits per heavy atom. The first-order valence-corrected chi connectivity index (χ1v) is 15.1. The van der Waals surface area contributed by atoms with Crippen molar-refractivity contribution in [3.05, 3.63) is 45.5 Å². The van der Waals surface area contributed by atoms with Crippen LogP contribution in [0, 0.1) is 5.21 Å². The Balaban J connectivity index is 1.75. The maximum Gasteiger partial charge on any atom is 0.274 e. The molecule has 1 fully saturated rings. The third-order valence-corrected chi connectivity index (χ3v) is 9.11. The predicted molar refractivity (Wildman–Crippen MR) is 150 cm³/mol. The highest BCUT2D eigenvalue weighted by Gasteiger charge is 2.29. The van der Waals surface area contributed by atoms with Gasteiger partial charge < -0.3 is 24.3 Å². The van der Waals surface area contributed by atoms with Crippen molar-refractivity contribution in [2.75, 3.05) is 52.5 Å². The number of aromatic amines is 1. The Hall–Kier alpha value is -2.77. The molecule has 0 saturated carbocycles. The maximum atomic E-state index is 13.7. The highest BCUT2D eigenvalue weighted by Crippen LogP contribution is 2.34. The Morgan fingerprint density at radius 1 is 1.18 bits per heavy atom. The van der Waals surface area contributed by atoms with Crippen LogP contribution < -0.4 is 10.3 Å². The first-order valence-electron chi connectivity index (χ1n) is 13.6. The number of sulfonamides is 1. The number of rotatable bonds is 12. The van der Waals surface area contributed by atoms with Crippen molar-refractivity contribution in [2.24, 2.45) is 7.05 Å². The Bertz CT molecular complexity index is 1460. The molecule has 0 aliphatic carbocycles. The van der Waals surface area contributed by atoms with E-state index >= 15 is 0 Å². The van der Waals surface area contributed by atoms with E-state index in [2.05, 4.69) is 17.0 Å². The van der Waals surface area contributed by atoms with E-state index in [1.54, 1.807) is 30.8 Å². The fraction of sp³-hybridized carbons (Fsp3) is 0.556. The number of likely N-dealkylation sites (N-methyl/N-ethyl adjacent to an activating group) is 1. The summed E-state index contributed by atoms with van der Waals surface area (Å²) in [5.41, 5.74) is 1.92. The highest BCUT2D eigenvalue weighted by molar-refractivity contribution is 7.89. The summed E-state index contributed by atoms with van der Waals surface area (Å²) in [6.07, 6.45) is 2.35. The van der Waals surface area contributed by atoms with Crippen molar-refractivity contribution in [1.29, 1.82) is 0 Å². The number of nitrogens with one attached hydrogen (secondary N) is 1. The van der Waals surface area contributed by atoms with Crippen LogP contribution in [0.15, 0.2) is 34.0 Å². The molecule has 1 aromatic carbocycles. The van der Waals surface area contributed by atoms with Crippen molar-refractivity contribution in [2.45, 2.75) is 44.9 Å². The summed E-state index contributed by atoms with van der Waals surface area (Å²) in [4.78, 5) is 16.1. The number of aromatic nitrogens is 3. The van der Waals surface area contributed by atoms with Crippen molar-refractivity contribution in [3.8, 4) is 17.0 Å². The molecule has 0 amide bonds. The van der Waals surface area contributed by atoms with Crippen LogP contribution >= 0.6 is 0 Å². The largest absolute Gasteiger partial charge is 0.633 e. The Kier molecular flexibility index (Phi) is 9.12. The van der Waals surface area contributed by atoms with Gasteiger partial charge in [-0.3, -0.25) is 9.48 Å². The fourth-order valence-electron chi connectivity index (χ4n) is 4.95. The van der Waals surface area contributed by atoms with E-state index < -0.39 is 14.7 Å². The van der Waals surface area contributed by atoms with Gasteiger partial charge in [-0.25, -0.2) is 8.42 Å². The molecule has 1 aliphatic rings. The normalized spacial score (nSPS) is 15.7. The molecule has 4 rings (SSSR count). The molecule has 1 aliphatic heterocycles. The molecule has 39 heavy (non-hydrogen) atoms. The Labute approximate surface area is 229 Å². The van der Waals surface area contributed by atoms with Gasteiger partial charge in [0.1, 0.15) is 24.4 Å². The van der Waals surface area contributed by atoms with E-state index in [1.165, 1.54) is 10.4 Å². The van der Waals surface area contributed by atoms with Gasteiger partial charge in [0.05, 0.1) is 49.2 Å². The van der Waals surface area contributed by atoms with E-state index in [0.717, 1.165) is 23.9 Å². The number of pyridine rings is 1. The second-order valence-corrected chi connectivity index (χ2v) is 11.9. The predicted octanol–water partition coefficient (Wildman–Crippen LogP) is 3.03. The van der Waals surface area contributed by atoms with Crippen LogP contribution in [0.5, 0.6) is 5.75 Å². The number of morpholine rings is 1. The number of fused-ring (bicyclic) bond motifs is 1. The van der Waals surface area contributed by atoms with Crippen LogP contribution in [0.2, 0.25) is 0 Å². The van der Waals surface area contributed by atoms with Crippen LogP contribution in [0.4, 0.5) is 0 Å². The van der Waals surface area contributed by atoms with E-state index in [0.29, 0.717) is 61.9 Å². The minimum Gasteiger partial charge on any atom is -0.633 e. The second-order valence-electron chi connectivity index (χ2n) is 9.94. The number of nitrogens with zero attached hydrogens (tertiary/aromatic N) is 4. The number of benzene rings is 1. The van der Waals surface area contributed by atoms with Gasteiger partial charge in [0, 0.05) is 24.5 Å². The van der Waals surface area contributed by atoms with Gasteiger partial charge in [-0.15, -0.1) is 0 Å². The minimum atomic E-state index is -3.92. The van der Waals surface area contributed by atoms with Gasteiger partial charge in [-0.05, 0) is 37.1 Å². The second kappa shape index (κ2) is 12.2. The molecular weight excluding hydrogens is 522 g/mol. The zero-order chi connectivity index (χ0) is 28.2. The minimum absolute atomic E-state index is 0.0727. The number of hydrogen-bond donors (Lipinski definition) is 1. The number of H-pyrrole nitrogens is 1. The van der Waals surface area contributed by atoms with Crippen LogP contribution in [-0.4, -0.2) is 84.7 Å². The third-order valence-electron chi connectivity index (χ3n) is 7.14. The van der Waals surface area contributed by atoms with Crippen molar-refractivity contribution < 1.29 is 22.5 Å². The molecule has 0 spiro atoms. The van der Waals surface area contributed by atoms with E-state index in [4.69, 9.17) is 9.47 Å². The Morgan fingerprint density at radius 2 is 1.92 bits per heavy atom. The number of aryl methyl sites for hydroxylation is 2. The number of quaternary nitrogens is 1. The SMILES string of the molecule is CCCOc1ccc(S(=O)(=O)N(CC)CC[N+]2([O-])CCOCC2)cc1-c1cc2c(CCC)nn(C)c2c(=O)[nH]1. The molecule has 1 N–H and O–H groups in total. The molecule has 12 heteroatoms. The van der Waals surface area contributed by atoms with Gasteiger partial charge in [-0.2, -0.15) is 9.40 Å². The summed E-state index contributed by atoms with van der Waals surface area (Å²) in [5, 5.41) is 18.2. The van der Waals surface area contributed by atoms with Crippen LogP contribution in [0.3, 0.4) is 0 Å². The lowest BCUT2D eigenvalue weighted by Gasteiger charge is -2.45. The number of ether oxygens (including phenoxy) is 2. The van der Waals surface area contributed by atoms with Crippen LogP contribution in [-0.2, 0) is 28.2 Å². The number of hydrogen-bond acceptors (Lipinski definition) is 7. The lowest BCUT2D eigenvalue weighted by atomic mass is 10.1. The lowest BCUT2D eigenvalue weighted by molar-refractivity contribution is -0.887. The van der Waals surface area contributed by atoms with Crippen LogP contribution in [0.25, 0.3) is 22.2 Å². The first kappa shape index (κ1) is 29.2. The lowest BCUT2D eigenvalue weighted by Crippen LogP contribution is -2.54. The molecule has 3 aromatic rings. The topological polar surface area (TPSA) is 130 Å². The fourth-order valence-corrected chi connectivity index (χ4v) is 6.42. The molecule has 3 heterocycles. The molecule has 2 aromatic heterocycles. The third kappa shape index (κ3) is 6.20. The van der Waals surface area contributed by atoms with E-state index in [1.807, 2.05) is 13.0 Å². The van der Waals surface area contributed by atoms with E-state index in [-0.39, 0.29) is 30.1 Å². The van der Waals surface area contributed by atoms with Gasteiger partial charge in [0.2, 0.25) is 10.0 Å². The molecule has 0 atom stereocenters. The van der Waals surface area contributed by atoms with Crippen LogP contribution in [0.1, 0.15) is 39.3 Å². The van der Waals surface area contributed by atoms with Gasteiger partial charge in [-0.1, -0.05) is 27.2 Å². The summed E-state index contributed by atoms with van der Waals surface area (Å²) >= 11 is 0. The molecule has 214 valence electrons. The molecule has 1 saturated heterocycles. The first-order chi connectivity index (χ1) is 18.6. The molecule has 0 bridgehead atoms. The average molecular weight is 562 g/mol. The number of hydroxylamine groups is 3. The van der Waals surface area contributed by atoms with Crippen molar-refractivity contribution >= 4 is 20.9 Å². The molecule has 0 unspecified atom stereocenters. The molecule has 0 radical (unpaired) electrons. The maximum absolute atomic E-state index is 13.7. The quantitative estimate of drug-likeness (QED) is 0.266. The van der Waals surface area contributed by atoms with Gasteiger partial charge in [0.25, 0.3) is 5.56 Å². The highest BCUT2D eigenvalue weighted by atomic mass is 32.2. The zero-order valence-corrected chi connectivity index (χ0v) is 24.1. The van der Waals surface area contributed by atoms with E-state index in [9.17, 15) is 18.4 Å².